The molecule has 1 nitrogen and oxygen atoms in total. The summed E-state index contributed by atoms with van der Waals surface area (Å²) in [5, 5.41) is 5.24. The predicted molar refractivity (Wildman–Crippen MR) is 276 cm³/mol. The fraction of sp³-hybridized carbons (Fsp3) is 0.0492. The summed E-state index contributed by atoms with van der Waals surface area (Å²) in [6.07, 6.45) is 10.2. The highest BCUT2D eigenvalue weighted by molar-refractivity contribution is 7.27. The number of benzene rings is 9. The molecular weight excluding hydrogens is 811 g/mol. The molecule has 0 aliphatic heterocycles. The summed E-state index contributed by atoms with van der Waals surface area (Å²) in [4.78, 5) is 2.47. The minimum absolute atomic E-state index is 0.285. The molecule has 0 radical (unpaired) electrons. The van der Waals surface area contributed by atoms with Crippen molar-refractivity contribution in [2.24, 2.45) is 5.92 Å². The maximum absolute atomic E-state index is 2.47. The van der Waals surface area contributed by atoms with Crippen LogP contribution in [0.25, 0.3) is 73.7 Å². The zero-order chi connectivity index (χ0) is 42.2. The molecule has 13 rings (SSSR count). The van der Waals surface area contributed by atoms with Crippen molar-refractivity contribution in [3.05, 3.63) is 247 Å². The van der Waals surface area contributed by atoms with Crippen LogP contribution >= 0.6 is 22.7 Å². The Morgan fingerprint density at radius 3 is 1.83 bits per heavy atom. The lowest BCUT2D eigenvalue weighted by Crippen LogP contribution is -2.35. The van der Waals surface area contributed by atoms with Gasteiger partial charge in [-0.05, 0) is 93.2 Å². The first-order valence-corrected chi connectivity index (χ1v) is 23.8. The van der Waals surface area contributed by atoms with Crippen LogP contribution in [0.3, 0.4) is 0 Å². The average Bonchev–Trinajstić information content (AvgIpc) is 4.04. The van der Waals surface area contributed by atoms with Crippen molar-refractivity contribution in [1.82, 2.24) is 0 Å². The summed E-state index contributed by atoms with van der Waals surface area (Å²) in [5.41, 5.74) is 14.9. The van der Waals surface area contributed by atoms with Crippen LogP contribution in [0.4, 0.5) is 17.1 Å². The molecule has 9 aromatic carbocycles. The summed E-state index contributed by atoms with van der Waals surface area (Å²) in [7, 11) is 0. The zero-order valence-electron chi connectivity index (χ0n) is 35.0. The van der Waals surface area contributed by atoms with E-state index in [4.69, 9.17) is 0 Å². The van der Waals surface area contributed by atoms with Crippen LogP contribution in [0.1, 0.15) is 23.1 Å². The number of hydrogen-bond acceptors (Lipinski definition) is 3. The van der Waals surface area contributed by atoms with Crippen LogP contribution < -0.4 is 4.90 Å². The largest absolute Gasteiger partial charge is 0.309 e. The number of nitrogens with zero attached hydrogens (tertiary/aromatic N) is 1. The maximum atomic E-state index is 2.47. The molecule has 0 fully saturated rings. The Kier molecular flexibility index (Phi) is 8.69. The number of anilines is 3. The zero-order valence-corrected chi connectivity index (χ0v) is 36.6. The van der Waals surface area contributed by atoms with Crippen LogP contribution in [-0.2, 0) is 5.41 Å². The lowest BCUT2D eigenvalue weighted by Gasteiger charge is -2.39. The van der Waals surface area contributed by atoms with E-state index in [1.807, 2.05) is 22.7 Å². The van der Waals surface area contributed by atoms with Crippen molar-refractivity contribution in [1.29, 1.82) is 0 Å². The van der Waals surface area contributed by atoms with E-state index in [2.05, 4.69) is 235 Å². The number of fused-ring (bicyclic) bond motifs is 10. The Labute approximate surface area is 381 Å². The Morgan fingerprint density at radius 2 is 1.05 bits per heavy atom. The molecule has 2 aliphatic carbocycles. The molecule has 302 valence electrons. The standard InChI is InChI=1S/C61H41NS2/c1-4-16-40(17-5-1)41-30-34-45(35-31-41)62(46-36-32-42(33-37-46)47-24-14-25-49-48-22-11-13-29-56(48)63-58(47)49)55-28-15-26-50-51-38-39-54-57(60(51)64-59(50)55)52-23-10-12-27-53(52)61(54,43-18-6-2-7-19-43)44-20-8-3-9-21-44/h1-20,22-39,44H,21H2. The molecule has 2 aliphatic rings. The lowest BCUT2D eigenvalue weighted by molar-refractivity contribution is 0.457. The SMILES string of the molecule is C1=CCC(C2(c3ccccc3)c3ccccc3-c3c2ccc2c3sc3c(N(c4ccc(-c5ccccc5)cc4)c4ccc(-c5cccc6c5sc5ccccc56)cc4)cccc32)C=C1. The van der Waals surface area contributed by atoms with Gasteiger partial charge in [-0.1, -0.05) is 194 Å². The molecule has 64 heavy (non-hydrogen) atoms. The predicted octanol–water partition coefficient (Wildman–Crippen LogP) is 17.7. The summed E-state index contributed by atoms with van der Waals surface area (Å²) in [6, 6.07) is 76.8. The monoisotopic (exact) mass is 851 g/mol. The van der Waals surface area contributed by atoms with Crippen LogP contribution in [0.5, 0.6) is 0 Å². The summed E-state index contributed by atoms with van der Waals surface area (Å²) >= 11 is 3.83. The van der Waals surface area contributed by atoms with E-state index in [1.165, 1.54) is 96.1 Å². The first-order valence-electron chi connectivity index (χ1n) is 22.2. The minimum atomic E-state index is -0.309. The highest BCUT2D eigenvalue weighted by Crippen LogP contribution is 2.61. The molecule has 0 amide bonds. The third-order valence-electron chi connectivity index (χ3n) is 13.8. The number of allylic oxidation sites excluding steroid dienone is 4. The summed E-state index contributed by atoms with van der Waals surface area (Å²) in [5.74, 6) is 0.285. The second-order valence-corrected chi connectivity index (χ2v) is 19.1. The third kappa shape index (κ3) is 5.61. The fourth-order valence-corrected chi connectivity index (χ4v) is 13.6. The van der Waals surface area contributed by atoms with Crippen molar-refractivity contribution >= 4 is 80.1 Å². The van der Waals surface area contributed by atoms with Gasteiger partial charge in [0.2, 0.25) is 0 Å². The average molecular weight is 852 g/mol. The van der Waals surface area contributed by atoms with Gasteiger partial charge in [0, 0.05) is 52.6 Å². The van der Waals surface area contributed by atoms with E-state index in [1.54, 1.807) is 0 Å². The van der Waals surface area contributed by atoms with Crippen molar-refractivity contribution in [2.75, 3.05) is 4.90 Å². The Bertz CT molecular complexity index is 3630. The molecule has 2 atom stereocenters. The Morgan fingerprint density at radius 1 is 0.422 bits per heavy atom. The van der Waals surface area contributed by atoms with E-state index in [0.717, 1.165) is 17.8 Å². The van der Waals surface area contributed by atoms with Crippen LogP contribution in [-0.4, -0.2) is 0 Å². The van der Waals surface area contributed by atoms with Crippen molar-refractivity contribution in [3.63, 3.8) is 0 Å². The van der Waals surface area contributed by atoms with E-state index in [0.29, 0.717) is 0 Å². The van der Waals surface area contributed by atoms with E-state index < -0.39 is 0 Å². The van der Waals surface area contributed by atoms with Gasteiger partial charge < -0.3 is 4.90 Å². The van der Waals surface area contributed by atoms with Crippen LogP contribution in [0.2, 0.25) is 0 Å². The third-order valence-corrected chi connectivity index (χ3v) is 16.3. The van der Waals surface area contributed by atoms with Crippen LogP contribution in [0.15, 0.2) is 231 Å². The Balaban J connectivity index is 1.01. The molecule has 2 heterocycles. The van der Waals surface area contributed by atoms with Gasteiger partial charge in [-0.25, -0.2) is 0 Å². The van der Waals surface area contributed by atoms with E-state index in [9.17, 15) is 0 Å². The highest BCUT2D eigenvalue weighted by Gasteiger charge is 2.49. The smallest absolute Gasteiger partial charge is 0.0640 e. The molecule has 2 aromatic heterocycles. The maximum Gasteiger partial charge on any atom is 0.0640 e. The first kappa shape index (κ1) is 37.3. The first-order chi connectivity index (χ1) is 31.8. The molecule has 0 saturated heterocycles. The van der Waals surface area contributed by atoms with Gasteiger partial charge in [-0.2, -0.15) is 0 Å². The van der Waals surface area contributed by atoms with Crippen LogP contribution in [0, 0.1) is 5.92 Å². The molecule has 0 spiro atoms. The lowest BCUT2D eigenvalue weighted by atomic mass is 9.62. The molecule has 2 unspecified atom stereocenters. The van der Waals surface area contributed by atoms with Gasteiger partial charge in [-0.3, -0.25) is 0 Å². The van der Waals surface area contributed by atoms with Gasteiger partial charge in [0.05, 0.1) is 15.8 Å². The molecule has 11 aromatic rings. The fourth-order valence-electron chi connectivity index (χ4n) is 11.0. The van der Waals surface area contributed by atoms with Gasteiger partial charge in [0.15, 0.2) is 0 Å². The quantitative estimate of drug-likeness (QED) is 0.154. The van der Waals surface area contributed by atoms with Gasteiger partial charge >= 0.3 is 0 Å². The second kappa shape index (κ2) is 14.9. The number of rotatable bonds is 7. The van der Waals surface area contributed by atoms with Gasteiger partial charge in [0.1, 0.15) is 0 Å². The van der Waals surface area contributed by atoms with Crippen molar-refractivity contribution in [2.45, 2.75) is 11.8 Å². The number of hydrogen-bond donors (Lipinski definition) is 0. The molecule has 0 saturated carbocycles. The summed E-state index contributed by atoms with van der Waals surface area (Å²) in [6.45, 7) is 0. The van der Waals surface area contributed by atoms with Gasteiger partial charge in [-0.15, -0.1) is 22.7 Å². The van der Waals surface area contributed by atoms with Crippen molar-refractivity contribution in [3.8, 4) is 33.4 Å². The van der Waals surface area contributed by atoms with E-state index >= 15 is 0 Å². The molecule has 0 bridgehead atoms. The molecule has 0 N–H and O–H groups in total. The number of thiophene rings is 2. The topological polar surface area (TPSA) is 3.24 Å². The highest BCUT2D eigenvalue weighted by atomic mass is 32.1. The molecule has 3 heteroatoms. The minimum Gasteiger partial charge on any atom is -0.309 e. The second-order valence-electron chi connectivity index (χ2n) is 17.1. The Hall–Kier alpha value is -7.30. The summed E-state index contributed by atoms with van der Waals surface area (Å²) < 4.78 is 5.30. The normalized spacial score (nSPS) is 16.5. The van der Waals surface area contributed by atoms with E-state index in [-0.39, 0.29) is 11.3 Å². The van der Waals surface area contributed by atoms with Crippen molar-refractivity contribution < 1.29 is 0 Å². The molecular formula is C61H41NS2. The van der Waals surface area contributed by atoms with Gasteiger partial charge in [0.25, 0.3) is 0 Å².